The van der Waals surface area contributed by atoms with Gasteiger partial charge in [-0.1, -0.05) is 42.5 Å². The summed E-state index contributed by atoms with van der Waals surface area (Å²) in [6.07, 6.45) is 0. The summed E-state index contributed by atoms with van der Waals surface area (Å²) in [5, 5.41) is 4.11. The van der Waals surface area contributed by atoms with E-state index in [0.29, 0.717) is 5.56 Å². The molecule has 0 aliphatic rings. The molecule has 0 saturated heterocycles. The van der Waals surface area contributed by atoms with Crippen molar-refractivity contribution < 1.29 is 4.79 Å². The van der Waals surface area contributed by atoms with E-state index in [1.807, 2.05) is 55.5 Å². The molecule has 2 aromatic rings. The maximum absolute atomic E-state index is 12.0. The highest BCUT2D eigenvalue weighted by Crippen LogP contribution is 2.15. The average Bonchev–Trinajstić information content (AvgIpc) is 2.46. The largest absolute Gasteiger partial charge is 0.272 e. The topological polar surface area (TPSA) is 41.5 Å². The lowest BCUT2D eigenvalue weighted by Crippen LogP contribution is -2.19. The van der Waals surface area contributed by atoms with Crippen LogP contribution in [0.25, 0.3) is 0 Å². The summed E-state index contributed by atoms with van der Waals surface area (Å²) >= 11 is 3.34. The third kappa shape index (κ3) is 3.51. The Morgan fingerprint density at radius 3 is 2.37 bits per heavy atom. The summed E-state index contributed by atoms with van der Waals surface area (Å²) in [6.45, 7) is 1.86. The van der Waals surface area contributed by atoms with Gasteiger partial charge in [-0.15, -0.1) is 0 Å². The molecule has 0 radical (unpaired) electrons. The van der Waals surface area contributed by atoms with E-state index in [1.54, 1.807) is 6.07 Å². The summed E-state index contributed by atoms with van der Waals surface area (Å²) in [5.74, 6) is -0.234. The van der Waals surface area contributed by atoms with Crippen LogP contribution in [0.5, 0.6) is 0 Å². The van der Waals surface area contributed by atoms with E-state index in [4.69, 9.17) is 0 Å². The van der Waals surface area contributed by atoms with E-state index in [-0.39, 0.29) is 5.91 Å². The van der Waals surface area contributed by atoms with Gasteiger partial charge in [-0.25, -0.2) is 5.43 Å². The zero-order chi connectivity index (χ0) is 13.7. The standard InChI is InChI=1S/C15H13BrN2O/c1-11(12-7-3-2-4-8-12)17-18-15(19)13-9-5-6-10-14(13)16/h2-10H,1H3,(H,18,19)/b17-11-. The Kier molecular flexibility index (Phi) is 4.47. The number of carbonyl (C=O) groups is 1. The average molecular weight is 317 g/mol. The van der Waals surface area contributed by atoms with Crippen LogP contribution in [-0.2, 0) is 0 Å². The molecule has 0 fully saturated rings. The van der Waals surface area contributed by atoms with Gasteiger partial charge < -0.3 is 0 Å². The van der Waals surface area contributed by atoms with Crippen molar-refractivity contribution in [2.75, 3.05) is 0 Å². The van der Waals surface area contributed by atoms with Gasteiger partial charge >= 0.3 is 0 Å². The number of nitrogens with one attached hydrogen (secondary N) is 1. The van der Waals surface area contributed by atoms with Gasteiger partial charge in [0.15, 0.2) is 0 Å². The second-order valence-corrected chi connectivity index (χ2v) is 4.84. The van der Waals surface area contributed by atoms with Crippen molar-refractivity contribution in [3.8, 4) is 0 Å². The monoisotopic (exact) mass is 316 g/mol. The normalized spacial score (nSPS) is 11.2. The molecule has 96 valence electrons. The Morgan fingerprint density at radius 2 is 1.68 bits per heavy atom. The Hall–Kier alpha value is -1.94. The molecule has 2 rings (SSSR count). The van der Waals surface area contributed by atoms with Crippen molar-refractivity contribution in [1.29, 1.82) is 0 Å². The van der Waals surface area contributed by atoms with Gasteiger partial charge in [0.25, 0.3) is 5.91 Å². The molecule has 0 aliphatic heterocycles. The number of hydrogen-bond acceptors (Lipinski definition) is 2. The van der Waals surface area contributed by atoms with Crippen molar-refractivity contribution >= 4 is 27.5 Å². The zero-order valence-corrected chi connectivity index (χ0v) is 12.0. The van der Waals surface area contributed by atoms with Gasteiger partial charge in [-0.2, -0.15) is 5.10 Å². The third-order valence-electron chi connectivity index (χ3n) is 2.64. The summed E-state index contributed by atoms with van der Waals surface area (Å²) < 4.78 is 0.750. The van der Waals surface area contributed by atoms with Gasteiger partial charge in [0.2, 0.25) is 0 Å². The molecular weight excluding hydrogens is 304 g/mol. The number of rotatable bonds is 3. The molecule has 19 heavy (non-hydrogen) atoms. The van der Waals surface area contributed by atoms with Crippen LogP contribution >= 0.6 is 15.9 Å². The highest BCUT2D eigenvalue weighted by molar-refractivity contribution is 9.10. The minimum absolute atomic E-state index is 0.234. The third-order valence-corrected chi connectivity index (χ3v) is 3.33. The fourth-order valence-corrected chi connectivity index (χ4v) is 2.05. The molecule has 0 unspecified atom stereocenters. The molecule has 0 bridgehead atoms. The van der Waals surface area contributed by atoms with E-state index in [0.717, 1.165) is 15.7 Å². The quantitative estimate of drug-likeness (QED) is 0.682. The molecule has 0 spiro atoms. The number of carbonyl (C=O) groups excluding carboxylic acids is 1. The van der Waals surface area contributed by atoms with Crippen LogP contribution in [-0.4, -0.2) is 11.6 Å². The lowest BCUT2D eigenvalue weighted by Gasteiger charge is -2.04. The molecule has 1 N–H and O–H groups in total. The second-order valence-electron chi connectivity index (χ2n) is 3.98. The van der Waals surface area contributed by atoms with E-state index in [2.05, 4.69) is 26.5 Å². The van der Waals surface area contributed by atoms with Crippen molar-refractivity contribution in [2.45, 2.75) is 6.92 Å². The van der Waals surface area contributed by atoms with Crippen molar-refractivity contribution in [3.63, 3.8) is 0 Å². The molecule has 0 heterocycles. The van der Waals surface area contributed by atoms with Gasteiger partial charge in [-0.05, 0) is 40.5 Å². The summed E-state index contributed by atoms with van der Waals surface area (Å²) in [6, 6.07) is 16.9. The second kappa shape index (κ2) is 6.29. The Bertz CT molecular complexity index is 609. The van der Waals surface area contributed by atoms with E-state index >= 15 is 0 Å². The Morgan fingerprint density at radius 1 is 1.05 bits per heavy atom. The fourth-order valence-electron chi connectivity index (χ4n) is 1.58. The van der Waals surface area contributed by atoms with Crippen LogP contribution in [0.15, 0.2) is 64.2 Å². The maximum atomic E-state index is 12.0. The number of halogens is 1. The molecule has 2 aromatic carbocycles. The van der Waals surface area contributed by atoms with Crippen LogP contribution in [0.4, 0.5) is 0 Å². The first-order chi connectivity index (χ1) is 9.18. The molecule has 0 atom stereocenters. The van der Waals surface area contributed by atoms with Gasteiger partial charge in [0, 0.05) is 4.47 Å². The van der Waals surface area contributed by atoms with Crippen LogP contribution < -0.4 is 5.43 Å². The SMILES string of the molecule is C/C(=N/NC(=O)c1ccccc1Br)c1ccccc1. The van der Waals surface area contributed by atoms with E-state index in [1.165, 1.54) is 0 Å². The van der Waals surface area contributed by atoms with Crippen molar-refractivity contribution in [1.82, 2.24) is 5.43 Å². The van der Waals surface area contributed by atoms with E-state index < -0.39 is 0 Å². The molecule has 0 saturated carbocycles. The lowest BCUT2D eigenvalue weighted by molar-refractivity contribution is 0.0954. The van der Waals surface area contributed by atoms with Gasteiger partial charge in [-0.3, -0.25) is 4.79 Å². The lowest BCUT2D eigenvalue weighted by atomic mass is 10.1. The first-order valence-corrected chi connectivity index (χ1v) is 6.62. The molecule has 0 aromatic heterocycles. The number of hydrogen-bond donors (Lipinski definition) is 1. The highest BCUT2D eigenvalue weighted by Gasteiger charge is 2.08. The van der Waals surface area contributed by atoms with Gasteiger partial charge in [0.05, 0.1) is 11.3 Å². The summed E-state index contributed by atoms with van der Waals surface area (Å²) in [5.41, 5.74) is 4.87. The van der Waals surface area contributed by atoms with Crippen molar-refractivity contribution in [3.05, 3.63) is 70.2 Å². The first kappa shape index (κ1) is 13.5. The Balaban J connectivity index is 2.11. The number of hydrazone groups is 1. The highest BCUT2D eigenvalue weighted by atomic mass is 79.9. The van der Waals surface area contributed by atoms with Crippen LogP contribution in [0.2, 0.25) is 0 Å². The first-order valence-electron chi connectivity index (χ1n) is 5.83. The predicted octanol–water partition coefficient (Wildman–Crippen LogP) is 3.60. The van der Waals surface area contributed by atoms with Crippen LogP contribution in [0, 0.1) is 0 Å². The van der Waals surface area contributed by atoms with Gasteiger partial charge in [0.1, 0.15) is 0 Å². The van der Waals surface area contributed by atoms with Crippen LogP contribution in [0.1, 0.15) is 22.8 Å². The summed E-state index contributed by atoms with van der Waals surface area (Å²) in [7, 11) is 0. The summed E-state index contributed by atoms with van der Waals surface area (Å²) in [4.78, 5) is 12.0. The van der Waals surface area contributed by atoms with E-state index in [9.17, 15) is 4.79 Å². The Labute approximate surface area is 120 Å². The number of amides is 1. The number of benzene rings is 2. The zero-order valence-electron chi connectivity index (χ0n) is 10.4. The molecule has 0 aliphatic carbocycles. The van der Waals surface area contributed by atoms with Crippen molar-refractivity contribution in [2.24, 2.45) is 5.10 Å². The molecule has 3 nitrogen and oxygen atoms in total. The fraction of sp³-hybridized carbons (Fsp3) is 0.0667. The smallest absolute Gasteiger partial charge is 0.267 e. The maximum Gasteiger partial charge on any atom is 0.272 e. The molecule has 1 amide bonds. The minimum Gasteiger partial charge on any atom is -0.267 e. The predicted molar refractivity (Wildman–Crippen MR) is 80.3 cm³/mol. The van der Waals surface area contributed by atoms with Crippen LogP contribution in [0.3, 0.4) is 0 Å². The molecule has 4 heteroatoms. The molecular formula is C15H13BrN2O. The number of nitrogens with zero attached hydrogens (tertiary/aromatic N) is 1. The minimum atomic E-state index is -0.234.